The quantitative estimate of drug-likeness (QED) is 0.543. The van der Waals surface area contributed by atoms with Crippen molar-refractivity contribution in [3.8, 4) is 0 Å². The summed E-state index contributed by atoms with van der Waals surface area (Å²) in [6.07, 6.45) is 3.72. The van der Waals surface area contributed by atoms with E-state index in [0.717, 1.165) is 19.3 Å². The Morgan fingerprint density at radius 1 is 1.18 bits per heavy atom. The molecule has 5 heteroatoms. The molecule has 100 valence electrons. The normalized spacial score (nSPS) is 11.9. The average molecular weight is 244 g/mol. The molecule has 0 aliphatic rings. The van der Waals surface area contributed by atoms with E-state index >= 15 is 0 Å². The second kappa shape index (κ2) is 9.93. The van der Waals surface area contributed by atoms with Crippen molar-refractivity contribution in [3.05, 3.63) is 0 Å². The van der Waals surface area contributed by atoms with Gasteiger partial charge in [0.1, 0.15) is 0 Å². The summed E-state index contributed by atoms with van der Waals surface area (Å²) in [6.45, 7) is 5.37. The van der Waals surface area contributed by atoms with Crippen molar-refractivity contribution in [2.45, 2.75) is 46.0 Å². The van der Waals surface area contributed by atoms with Gasteiger partial charge in [0, 0.05) is 19.5 Å². The Balaban J connectivity index is 3.42. The molecule has 2 amide bonds. The van der Waals surface area contributed by atoms with Crippen LogP contribution in [0.15, 0.2) is 0 Å². The molecule has 0 aliphatic carbocycles. The second-order valence-electron chi connectivity index (χ2n) is 4.36. The highest BCUT2D eigenvalue weighted by molar-refractivity contribution is 5.73. The molecule has 0 saturated heterocycles. The minimum absolute atomic E-state index is 0.135. The van der Waals surface area contributed by atoms with Gasteiger partial charge in [0.15, 0.2) is 0 Å². The summed E-state index contributed by atoms with van der Waals surface area (Å²) in [5.41, 5.74) is 0. The van der Waals surface area contributed by atoms with Crippen molar-refractivity contribution >= 4 is 12.0 Å². The molecule has 0 fully saturated rings. The predicted molar refractivity (Wildman–Crippen MR) is 67.0 cm³/mol. The van der Waals surface area contributed by atoms with E-state index in [1.165, 1.54) is 0 Å². The minimum Gasteiger partial charge on any atom is -0.481 e. The Kier molecular flexibility index (Phi) is 9.19. The number of hydrogen-bond acceptors (Lipinski definition) is 2. The number of nitrogens with one attached hydrogen (secondary N) is 2. The van der Waals surface area contributed by atoms with Crippen LogP contribution in [-0.4, -0.2) is 30.2 Å². The van der Waals surface area contributed by atoms with Gasteiger partial charge in [-0.25, -0.2) is 4.79 Å². The molecule has 0 rings (SSSR count). The maximum Gasteiger partial charge on any atom is 0.314 e. The van der Waals surface area contributed by atoms with E-state index in [1.807, 2.05) is 6.92 Å². The summed E-state index contributed by atoms with van der Waals surface area (Å²) in [7, 11) is 0. The largest absolute Gasteiger partial charge is 0.481 e. The summed E-state index contributed by atoms with van der Waals surface area (Å²) in [6, 6.07) is -0.135. The van der Waals surface area contributed by atoms with Crippen LogP contribution < -0.4 is 10.6 Å². The van der Waals surface area contributed by atoms with Gasteiger partial charge in [-0.05, 0) is 25.2 Å². The zero-order valence-corrected chi connectivity index (χ0v) is 10.8. The summed E-state index contributed by atoms with van der Waals surface area (Å²) in [5, 5.41) is 14.0. The number of carbonyl (C=O) groups is 2. The van der Waals surface area contributed by atoms with Crippen LogP contribution in [0.2, 0.25) is 0 Å². The average Bonchev–Trinajstić information content (AvgIpc) is 2.27. The van der Waals surface area contributed by atoms with Gasteiger partial charge in [-0.3, -0.25) is 4.79 Å². The number of aliphatic carboxylic acids is 1. The summed E-state index contributed by atoms with van der Waals surface area (Å²) < 4.78 is 0. The van der Waals surface area contributed by atoms with Crippen LogP contribution in [0.4, 0.5) is 4.79 Å². The molecular formula is C12H24N2O3. The molecule has 0 aromatic carbocycles. The van der Waals surface area contributed by atoms with E-state index in [-0.39, 0.29) is 12.5 Å². The maximum atomic E-state index is 11.2. The first-order chi connectivity index (χ1) is 8.06. The van der Waals surface area contributed by atoms with E-state index in [4.69, 9.17) is 5.11 Å². The molecule has 0 radical (unpaired) electrons. The number of hydrogen-bond donors (Lipinski definition) is 3. The fraction of sp³-hybridized carbons (Fsp3) is 0.833. The zero-order chi connectivity index (χ0) is 13.1. The van der Waals surface area contributed by atoms with Crippen LogP contribution in [0.25, 0.3) is 0 Å². The number of rotatable bonds is 9. The molecule has 3 N–H and O–H groups in total. The van der Waals surface area contributed by atoms with Crippen LogP contribution in [0.1, 0.15) is 46.0 Å². The summed E-state index contributed by atoms with van der Waals surface area (Å²) in [5.74, 6) is -0.441. The van der Waals surface area contributed by atoms with Crippen molar-refractivity contribution in [3.63, 3.8) is 0 Å². The number of urea groups is 1. The summed E-state index contributed by atoms with van der Waals surface area (Å²) in [4.78, 5) is 21.6. The molecule has 0 spiro atoms. The van der Waals surface area contributed by atoms with Crippen molar-refractivity contribution in [2.75, 3.05) is 13.1 Å². The lowest BCUT2D eigenvalue weighted by molar-refractivity contribution is -0.137. The number of carboxylic acid groups (broad SMARTS) is 1. The van der Waals surface area contributed by atoms with Gasteiger partial charge in [0.05, 0.1) is 0 Å². The molecule has 5 nitrogen and oxygen atoms in total. The van der Waals surface area contributed by atoms with Crippen molar-refractivity contribution in [1.29, 1.82) is 0 Å². The lowest BCUT2D eigenvalue weighted by atomic mass is 10.0. The van der Waals surface area contributed by atoms with E-state index in [2.05, 4.69) is 17.6 Å². The molecule has 0 aromatic heterocycles. The predicted octanol–water partition coefficient (Wildman–Crippen LogP) is 1.98. The number of carboxylic acids is 1. The highest BCUT2D eigenvalue weighted by Crippen LogP contribution is 2.08. The van der Waals surface area contributed by atoms with Crippen LogP contribution >= 0.6 is 0 Å². The Labute approximate surface area is 103 Å². The maximum absolute atomic E-state index is 11.2. The molecule has 0 saturated carbocycles. The zero-order valence-electron chi connectivity index (χ0n) is 10.8. The third kappa shape index (κ3) is 11.0. The molecule has 0 aromatic rings. The van der Waals surface area contributed by atoms with Crippen molar-refractivity contribution in [2.24, 2.45) is 5.92 Å². The lowest BCUT2D eigenvalue weighted by Crippen LogP contribution is -2.36. The van der Waals surface area contributed by atoms with Gasteiger partial charge < -0.3 is 15.7 Å². The van der Waals surface area contributed by atoms with Crippen molar-refractivity contribution < 1.29 is 14.7 Å². The topological polar surface area (TPSA) is 78.4 Å². The first-order valence-electron chi connectivity index (χ1n) is 6.29. The Morgan fingerprint density at radius 3 is 2.41 bits per heavy atom. The first kappa shape index (κ1) is 15.7. The van der Waals surface area contributed by atoms with E-state index < -0.39 is 5.97 Å². The molecular weight excluding hydrogens is 220 g/mol. The number of amides is 2. The van der Waals surface area contributed by atoms with Gasteiger partial charge in [-0.1, -0.05) is 20.3 Å². The van der Waals surface area contributed by atoms with E-state index in [1.54, 1.807) is 0 Å². The van der Waals surface area contributed by atoms with Crippen LogP contribution in [0, 0.1) is 5.92 Å². The summed E-state index contributed by atoms with van der Waals surface area (Å²) >= 11 is 0. The van der Waals surface area contributed by atoms with Gasteiger partial charge in [-0.2, -0.15) is 0 Å². The number of carbonyl (C=O) groups excluding carboxylic acids is 1. The monoisotopic (exact) mass is 244 g/mol. The highest BCUT2D eigenvalue weighted by Gasteiger charge is 2.06. The van der Waals surface area contributed by atoms with Gasteiger partial charge >= 0.3 is 12.0 Å². The second-order valence-corrected chi connectivity index (χ2v) is 4.36. The van der Waals surface area contributed by atoms with Crippen molar-refractivity contribution in [1.82, 2.24) is 10.6 Å². The lowest BCUT2D eigenvalue weighted by Gasteiger charge is -2.11. The van der Waals surface area contributed by atoms with Gasteiger partial charge in [0.25, 0.3) is 0 Å². The van der Waals surface area contributed by atoms with Gasteiger partial charge in [0.2, 0.25) is 0 Å². The van der Waals surface area contributed by atoms with Crippen LogP contribution in [0.3, 0.4) is 0 Å². The smallest absolute Gasteiger partial charge is 0.314 e. The third-order valence-corrected chi connectivity index (χ3v) is 2.59. The van der Waals surface area contributed by atoms with E-state index in [9.17, 15) is 9.59 Å². The van der Waals surface area contributed by atoms with Gasteiger partial charge in [-0.15, -0.1) is 0 Å². The Hall–Kier alpha value is -1.26. The molecule has 1 atom stereocenters. The standard InChI is InChI=1S/C12H24N2O3/c1-3-4-8-13-12(17)14-9-7-10(2)5-6-11(15)16/h10H,3-9H2,1-2H3,(H,15,16)(H2,13,14,17). The highest BCUT2D eigenvalue weighted by atomic mass is 16.4. The first-order valence-corrected chi connectivity index (χ1v) is 6.29. The fourth-order valence-corrected chi connectivity index (χ4v) is 1.39. The fourth-order valence-electron chi connectivity index (χ4n) is 1.39. The number of unbranched alkanes of at least 4 members (excludes halogenated alkanes) is 1. The van der Waals surface area contributed by atoms with Crippen LogP contribution in [0.5, 0.6) is 0 Å². The Bertz CT molecular complexity index is 232. The molecule has 0 aliphatic heterocycles. The molecule has 0 heterocycles. The SMILES string of the molecule is CCCCNC(=O)NCCC(C)CCC(=O)O. The minimum atomic E-state index is -0.762. The third-order valence-electron chi connectivity index (χ3n) is 2.59. The molecule has 1 unspecified atom stereocenters. The molecule has 17 heavy (non-hydrogen) atoms. The Morgan fingerprint density at radius 2 is 1.82 bits per heavy atom. The molecule has 0 bridgehead atoms. The van der Waals surface area contributed by atoms with E-state index in [0.29, 0.717) is 25.4 Å². The van der Waals surface area contributed by atoms with Crippen LogP contribution in [-0.2, 0) is 4.79 Å².